The van der Waals surface area contributed by atoms with Gasteiger partial charge in [0.05, 0.1) is 17.8 Å². The molecule has 1 saturated heterocycles. The van der Waals surface area contributed by atoms with Crippen LogP contribution in [-0.2, 0) is 4.79 Å². The zero-order valence-corrected chi connectivity index (χ0v) is 22.5. The highest BCUT2D eigenvalue weighted by atomic mass is 35.5. The van der Waals surface area contributed by atoms with Crippen molar-refractivity contribution in [1.82, 2.24) is 19.8 Å². The van der Waals surface area contributed by atoms with Gasteiger partial charge >= 0.3 is 0 Å². The van der Waals surface area contributed by atoms with Crippen LogP contribution in [0.25, 0.3) is 5.69 Å². The summed E-state index contributed by atoms with van der Waals surface area (Å²) in [4.78, 5) is 19.7. The van der Waals surface area contributed by atoms with Crippen molar-refractivity contribution in [2.75, 3.05) is 11.9 Å². The number of rotatable bonds is 6. The maximum absolute atomic E-state index is 13.1. The van der Waals surface area contributed by atoms with Crippen molar-refractivity contribution >= 4 is 40.5 Å². The first-order valence-corrected chi connectivity index (χ1v) is 12.9. The van der Waals surface area contributed by atoms with Crippen LogP contribution < -0.4 is 10.6 Å². The number of hydrogen-bond acceptors (Lipinski definition) is 3. The number of thiocarbonyl (C=S) groups is 1. The van der Waals surface area contributed by atoms with Gasteiger partial charge in [-0.05, 0) is 86.6 Å². The number of pyridine rings is 1. The number of benzene rings is 2. The molecule has 0 saturated carbocycles. The highest BCUT2D eigenvalue weighted by Gasteiger charge is 2.42. The third-order valence-electron chi connectivity index (χ3n) is 6.84. The van der Waals surface area contributed by atoms with E-state index in [-0.39, 0.29) is 24.5 Å². The van der Waals surface area contributed by atoms with Crippen LogP contribution in [0.15, 0.2) is 79.0 Å². The van der Waals surface area contributed by atoms with Crippen molar-refractivity contribution in [3.8, 4) is 5.69 Å². The molecule has 3 heterocycles. The normalized spacial score (nSPS) is 17.1. The molecule has 8 heteroatoms. The number of nitrogens with zero attached hydrogens (tertiary/aromatic N) is 3. The third kappa shape index (κ3) is 4.84. The molecule has 0 radical (unpaired) electrons. The molecule has 1 aliphatic rings. The summed E-state index contributed by atoms with van der Waals surface area (Å²) in [6, 6.07) is 23.0. The molecule has 2 N–H and O–H groups in total. The Morgan fingerprint density at radius 1 is 1.05 bits per heavy atom. The minimum absolute atomic E-state index is 0.106. The lowest BCUT2D eigenvalue weighted by Crippen LogP contribution is -2.37. The van der Waals surface area contributed by atoms with Crippen molar-refractivity contribution in [3.05, 3.63) is 112 Å². The molecule has 1 amide bonds. The number of carbonyl (C=O) groups excluding carboxylic acids is 1. The Hall–Kier alpha value is -3.68. The van der Waals surface area contributed by atoms with Crippen molar-refractivity contribution in [2.45, 2.75) is 32.9 Å². The molecular formula is C29H28ClN5OS. The topological polar surface area (TPSA) is 62.2 Å². The van der Waals surface area contributed by atoms with Gasteiger partial charge in [0.15, 0.2) is 5.11 Å². The first-order valence-electron chi connectivity index (χ1n) is 12.1. The molecule has 2 aromatic heterocycles. The molecule has 0 spiro atoms. The standard InChI is InChI=1S/C29H28ClN5OS/c1-18-16-22(20(3)35(18)25-14-9-12-23(30)19(25)2)28-27(24-13-7-8-15-31-24)33-29(37)34(28)17-26(36)32-21-10-5-4-6-11-21/h4-16,27-28H,17H2,1-3H3,(H,32,36)(H,33,37). The molecule has 37 heavy (non-hydrogen) atoms. The monoisotopic (exact) mass is 529 g/mol. The molecule has 0 bridgehead atoms. The van der Waals surface area contributed by atoms with Gasteiger partial charge in [0, 0.05) is 34.0 Å². The van der Waals surface area contributed by atoms with Gasteiger partial charge in [-0.1, -0.05) is 41.9 Å². The SMILES string of the molecule is Cc1c(Cl)cccc1-n1c(C)cc(C2C(c3ccccn3)NC(=S)N2CC(=O)Nc2ccccc2)c1C. The van der Waals surface area contributed by atoms with Gasteiger partial charge in [-0.25, -0.2) is 0 Å². The highest BCUT2D eigenvalue weighted by molar-refractivity contribution is 7.80. The molecule has 2 atom stereocenters. The Labute approximate surface area is 227 Å². The maximum Gasteiger partial charge on any atom is 0.244 e. The number of carbonyl (C=O) groups is 1. The lowest BCUT2D eigenvalue weighted by atomic mass is 9.96. The lowest BCUT2D eigenvalue weighted by Gasteiger charge is -2.27. The molecule has 188 valence electrons. The van der Waals surface area contributed by atoms with Crippen LogP contribution in [0.4, 0.5) is 5.69 Å². The van der Waals surface area contributed by atoms with E-state index < -0.39 is 0 Å². The average molecular weight is 530 g/mol. The van der Waals surface area contributed by atoms with Gasteiger partial charge in [0.1, 0.15) is 6.54 Å². The number of amides is 1. The van der Waals surface area contributed by atoms with Gasteiger partial charge in [-0.15, -0.1) is 0 Å². The summed E-state index contributed by atoms with van der Waals surface area (Å²) in [6.45, 7) is 6.31. The van der Waals surface area contributed by atoms with Gasteiger partial charge in [-0.2, -0.15) is 0 Å². The van der Waals surface area contributed by atoms with Crippen molar-refractivity contribution in [3.63, 3.8) is 0 Å². The molecule has 2 unspecified atom stereocenters. The fraction of sp³-hybridized carbons (Fsp3) is 0.207. The van der Waals surface area contributed by atoms with E-state index in [0.717, 1.165) is 44.6 Å². The molecule has 5 rings (SSSR count). The summed E-state index contributed by atoms with van der Waals surface area (Å²) in [5, 5.41) is 7.67. The van der Waals surface area contributed by atoms with Crippen molar-refractivity contribution in [1.29, 1.82) is 0 Å². The van der Waals surface area contributed by atoms with E-state index in [0.29, 0.717) is 5.11 Å². The molecule has 1 fully saturated rings. The molecule has 1 aliphatic heterocycles. The fourth-order valence-electron chi connectivity index (χ4n) is 5.09. The number of aryl methyl sites for hydroxylation is 1. The number of anilines is 1. The van der Waals surface area contributed by atoms with Crippen LogP contribution in [-0.4, -0.2) is 32.0 Å². The Balaban J connectivity index is 1.56. The Morgan fingerprint density at radius 3 is 2.54 bits per heavy atom. The number of nitrogens with one attached hydrogen (secondary N) is 2. The number of aromatic nitrogens is 2. The first kappa shape index (κ1) is 25.0. The Bertz CT molecular complexity index is 1450. The van der Waals surface area contributed by atoms with E-state index in [1.165, 1.54) is 0 Å². The smallest absolute Gasteiger partial charge is 0.244 e. The summed E-state index contributed by atoms with van der Waals surface area (Å²) in [5.74, 6) is -0.137. The summed E-state index contributed by atoms with van der Waals surface area (Å²) in [6.07, 6.45) is 1.78. The Morgan fingerprint density at radius 2 is 1.81 bits per heavy atom. The van der Waals surface area contributed by atoms with Crippen LogP contribution >= 0.6 is 23.8 Å². The van der Waals surface area contributed by atoms with E-state index in [2.05, 4.69) is 46.2 Å². The van der Waals surface area contributed by atoms with E-state index in [9.17, 15) is 4.79 Å². The third-order valence-corrected chi connectivity index (χ3v) is 7.60. The largest absolute Gasteiger partial charge is 0.352 e. The predicted octanol–water partition coefficient (Wildman–Crippen LogP) is 6.06. The molecule has 6 nitrogen and oxygen atoms in total. The summed E-state index contributed by atoms with van der Waals surface area (Å²) in [7, 11) is 0. The lowest BCUT2D eigenvalue weighted by molar-refractivity contribution is -0.116. The Kier molecular flexibility index (Phi) is 7.00. The van der Waals surface area contributed by atoms with Crippen LogP contribution in [0.5, 0.6) is 0 Å². The zero-order chi connectivity index (χ0) is 26.1. The quantitative estimate of drug-likeness (QED) is 0.297. The van der Waals surface area contributed by atoms with E-state index >= 15 is 0 Å². The molecule has 0 aliphatic carbocycles. The zero-order valence-electron chi connectivity index (χ0n) is 20.9. The predicted molar refractivity (Wildman–Crippen MR) is 152 cm³/mol. The maximum atomic E-state index is 13.1. The second-order valence-electron chi connectivity index (χ2n) is 9.21. The van der Waals surface area contributed by atoms with Crippen molar-refractivity contribution in [2.24, 2.45) is 0 Å². The van der Waals surface area contributed by atoms with E-state index in [1.54, 1.807) is 6.20 Å². The molecular weight excluding hydrogens is 502 g/mol. The number of hydrogen-bond donors (Lipinski definition) is 2. The number of para-hydroxylation sites is 1. The summed E-state index contributed by atoms with van der Waals surface area (Å²) in [5.41, 5.74) is 6.87. The second-order valence-corrected chi connectivity index (χ2v) is 10.0. The number of halogens is 1. The van der Waals surface area contributed by atoms with E-state index in [1.807, 2.05) is 72.5 Å². The van der Waals surface area contributed by atoms with Crippen LogP contribution in [0.2, 0.25) is 5.02 Å². The average Bonchev–Trinajstić information content (AvgIpc) is 3.36. The van der Waals surface area contributed by atoms with Crippen LogP contribution in [0.3, 0.4) is 0 Å². The van der Waals surface area contributed by atoms with Gasteiger partial charge in [0.25, 0.3) is 0 Å². The fourth-order valence-corrected chi connectivity index (χ4v) is 5.56. The van der Waals surface area contributed by atoms with Crippen LogP contribution in [0, 0.1) is 20.8 Å². The minimum atomic E-state index is -0.233. The molecule has 2 aromatic carbocycles. The van der Waals surface area contributed by atoms with Crippen molar-refractivity contribution < 1.29 is 4.79 Å². The molecule has 4 aromatic rings. The van der Waals surface area contributed by atoms with Crippen LogP contribution in [0.1, 0.15) is 40.3 Å². The van der Waals surface area contributed by atoms with Gasteiger partial charge in [-0.3, -0.25) is 9.78 Å². The summed E-state index contributed by atoms with van der Waals surface area (Å²) < 4.78 is 2.22. The highest BCUT2D eigenvalue weighted by Crippen LogP contribution is 2.41. The minimum Gasteiger partial charge on any atom is -0.352 e. The summed E-state index contributed by atoms with van der Waals surface area (Å²) >= 11 is 12.2. The van der Waals surface area contributed by atoms with Gasteiger partial charge in [0.2, 0.25) is 5.91 Å². The second kappa shape index (κ2) is 10.4. The first-order chi connectivity index (χ1) is 17.8. The van der Waals surface area contributed by atoms with E-state index in [4.69, 9.17) is 23.8 Å². The van der Waals surface area contributed by atoms with Gasteiger partial charge < -0.3 is 20.1 Å².